The molecule has 0 saturated carbocycles. The number of rotatable bonds is 4. The highest BCUT2D eigenvalue weighted by Gasteiger charge is 1.95. The van der Waals surface area contributed by atoms with Crippen LogP contribution in [-0.2, 0) is 13.1 Å². The van der Waals surface area contributed by atoms with E-state index < -0.39 is 0 Å². The second-order valence-corrected chi connectivity index (χ2v) is 4.24. The number of benzene rings is 2. The first-order valence-corrected chi connectivity index (χ1v) is 5.86. The molecule has 17 heavy (non-hydrogen) atoms. The van der Waals surface area contributed by atoms with Crippen LogP contribution >= 0.6 is 0 Å². The number of anilines is 1. The zero-order valence-corrected chi connectivity index (χ0v) is 10.1. The van der Waals surface area contributed by atoms with Crippen LogP contribution in [0.25, 0.3) is 0 Å². The lowest BCUT2D eigenvalue weighted by Crippen LogP contribution is -2.00. The third-order valence-electron chi connectivity index (χ3n) is 2.77. The molecule has 0 aliphatic heterocycles. The third-order valence-corrected chi connectivity index (χ3v) is 2.77. The average Bonchev–Trinajstić information content (AvgIpc) is 2.37. The third kappa shape index (κ3) is 3.33. The van der Waals surface area contributed by atoms with E-state index >= 15 is 0 Å². The van der Waals surface area contributed by atoms with Gasteiger partial charge in [0.05, 0.1) is 0 Å². The molecule has 0 spiro atoms. The first-order chi connectivity index (χ1) is 8.28. The van der Waals surface area contributed by atoms with E-state index in [1.807, 2.05) is 0 Å². The van der Waals surface area contributed by atoms with Gasteiger partial charge in [-0.15, -0.1) is 0 Å². The van der Waals surface area contributed by atoms with E-state index in [4.69, 9.17) is 5.73 Å². The summed E-state index contributed by atoms with van der Waals surface area (Å²) in [6.07, 6.45) is 0. The number of hydrogen-bond donors (Lipinski definition) is 2. The van der Waals surface area contributed by atoms with Crippen LogP contribution in [0.4, 0.5) is 5.69 Å². The Morgan fingerprint density at radius 3 is 2.41 bits per heavy atom. The van der Waals surface area contributed by atoms with Gasteiger partial charge in [0, 0.05) is 18.8 Å². The van der Waals surface area contributed by atoms with Crippen LogP contribution < -0.4 is 11.1 Å². The Bertz CT molecular complexity index is 475. The quantitative estimate of drug-likeness (QED) is 0.840. The molecule has 0 bridgehead atoms. The number of nitrogens with one attached hydrogen (secondary N) is 1. The molecular formula is C15H18N2. The Hall–Kier alpha value is -1.80. The summed E-state index contributed by atoms with van der Waals surface area (Å²) in [5, 5.41) is 3.40. The first-order valence-electron chi connectivity index (χ1n) is 5.86. The molecule has 3 N–H and O–H groups in total. The normalized spacial score (nSPS) is 10.2. The smallest absolute Gasteiger partial charge is 0.0400 e. The number of nitrogens with two attached hydrogens (primary N) is 1. The molecular weight excluding hydrogens is 208 g/mol. The molecule has 88 valence electrons. The van der Waals surface area contributed by atoms with Gasteiger partial charge in [0.1, 0.15) is 0 Å². The predicted octanol–water partition coefficient (Wildman–Crippen LogP) is 3.07. The van der Waals surface area contributed by atoms with Crippen LogP contribution in [0.2, 0.25) is 0 Å². The van der Waals surface area contributed by atoms with Crippen LogP contribution in [0.3, 0.4) is 0 Å². The maximum absolute atomic E-state index is 5.56. The molecule has 2 rings (SSSR count). The molecule has 2 heteroatoms. The average molecular weight is 226 g/mol. The van der Waals surface area contributed by atoms with E-state index in [1.165, 1.54) is 11.1 Å². The standard InChI is InChI=1S/C15H18N2/c1-12-3-2-4-14(9-12)11-17-15-7-5-13(10-16)6-8-15/h2-9,17H,10-11,16H2,1H3. The summed E-state index contributed by atoms with van der Waals surface area (Å²) >= 11 is 0. The molecule has 0 atom stereocenters. The summed E-state index contributed by atoms with van der Waals surface area (Å²) in [6.45, 7) is 3.56. The highest BCUT2D eigenvalue weighted by Crippen LogP contribution is 2.11. The highest BCUT2D eigenvalue weighted by atomic mass is 14.9. The van der Waals surface area contributed by atoms with E-state index in [0.717, 1.165) is 17.8 Å². The largest absolute Gasteiger partial charge is 0.381 e. The summed E-state index contributed by atoms with van der Waals surface area (Å²) in [6, 6.07) is 16.8. The number of hydrogen-bond acceptors (Lipinski definition) is 2. The fraction of sp³-hybridized carbons (Fsp3) is 0.200. The van der Waals surface area contributed by atoms with Gasteiger partial charge in [-0.1, -0.05) is 42.0 Å². The van der Waals surface area contributed by atoms with Crippen molar-refractivity contribution in [3.05, 3.63) is 65.2 Å². The summed E-state index contributed by atoms with van der Waals surface area (Å²) in [4.78, 5) is 0. The van der Waals surface area contributed by atoms with Crippen molar-refractivity contribution < 1.29 is 0 Å². The van der Waals surface area contributed by atoms with Gasteiger partial charge in [0.25, 0.3) is 0 Å². The second kappa shape index (κ2) is 5.51. The molecule has 0 radical (unpaired) electrons. The lowest BCUT2D eigenvalue weighted by Gasteiger charge is -2.07. The Kier molecular flexibility index (Phi) is 3.78. The molecule has 0 amide bonds. The van der Waals surface area contributed by atoms with Gasteiger partial charge in [-0.2, -0.15) is 0 Å². The monoisotopic (exact) mass is 226 g/mol. The van der Waals surface area contributed by atoms with Gasteiger partial charge in [-0.05, 0) is 30.2 Å². The molecule has 2 aromatic carbocycles. The Morgan fingerprint density at radius 2 is 1.76 bits per heavy atom. The van der Waals surface area contributed by atoms with Crippen molar-refractivity contribution in [2.24, 2.45) is 5.73 Å². The van der Waals surface area contributed by atoms with Gasteiger partial charge in [0.2, 0.25) is 0 Å². The van der Waals surface area contributed by atoms with Crippen LogP contribution in [0.5, 0.6) is 0 Å². The molecule has 2 aromatic rings. The SMILES string of the molecule is Cc1cccc(CNc2ccc(CN)cc2)c1. The minimum atomic E-state index is 0.595. The molecule has 0 heterocycles. The van der Waals surface area contributed by atoms with Crippen molar-refractivity contribution in [2.75, 3.05) is 5.32 Å². The number of aryl methyl sites for hydroxylation is 1. The van der Waals surface area contributed by atoms with Crippen LogP contribution in [0.1, 0.15) is 16.7 Å². The zero-order chi connectivity index (χ0) is 12.1. The lowest BCUT2D eigenvalue weighted by molar-refractivity contribution is 1.07. The second-order valence-electron chi connectivity index (χ2n) is 4.24. The topological polar surface area (TPSA) is 38.0 Å². The highest BCUT2D eigenvalue weighted by molar-refractivity contribution is 5.45. The fourth-order valence-corrected chi connectivity index (χ4v) is 1.78. The molecule has 0 unspecified atom stereocenters. The Balaban J connectivity index is 1.97. The Labute approximate surface area is 102 Å². The van der Waals surface area contributed by atoms with E-state index in [2.05, 4.69) is 60.8 Å². The van der Waals surface area contributed by atoms with Crippen molar-refractivity contribution in [2.45, 2.75) is 20.0 Å². The zero-order valence-electron chi connectivity index (χ0n) is 10.1. The van der Waals surface area contributed by atoms with Gasteiger partial charge in [-0.3, -0.25) is 0 Å². The van der Waals surface area contributed by atoms with Gasteiger partial charge in [-0.25, -0.2) is 0 Å². The predicted molar refractivity (Wildman–Crippen MR) is 72.8 cm³/mol. The lowest BCUT2D eigenvalue weighted by atomic mass is 10.1. The van der Waals surface area contributed by atoms with Crippen molar-refractivity contribution >= 4 is 5.69 Å². The minimum Gasteiger partial charge on any atom is -0.381 e. The fourth-order valence-electron chi connectivity index (χ4n) is 1.78. The van der Waals surface area contributed by atoms with Crippen LogP contribution in [0.15, 0.2) is 48.5 Å². The van der Waals surface area contributed by atoms with Crippen molar-refractivity contribution in [1.29, 1.82) is 0 Å². The maximum Gasteiger partial charge on any atom is 0.0400 e. The molecule has 0 saturated heterocycles. The maximum atomic E-state index is 5.56. The molecule has 2 nitrogen and oxygen atoms in total. The Morgan fingerprint density at radius 1 is 1.00 bits per heavy atom. The first kappa shape index (κ1) is 11.7. The van der Waals surface area contributed by atoms with Gasteiger partial charge in [0.15, 0.2) is 0 Å². The van der Waals surface area contributed by atoms with Crippen molar-refractivity contribution in [3.8, 4) is 0 Å². The molecule has 0 aliphatic rings. The summed E-state index contributed by atoms with van der Waals surface area (Å²) < 4.78 is 0. The van der Waals surface area contributed by atoms with Crippen LogP contribution in [-0.4, -0.2) is 0 Å². The van der Waals surface area contributed by atoms with Gasteiger partial charge < -0.3 is 11.1 Å². The van der Waals surface area contributed by atoms with E-state index in [0.29, 0.717) is 6.54 Å². The summed E-state index contributed by atoms with van der Waals surface area (Å²) in [5.74, 6) is 0. The van der Waals surface area contributed by atoms with E-state index in [-0.39, 0.29) is 0 Å². The van der Waals surface area contributed by atoms with Gasteiger partial charge >= 0.3 is 0 Å². The summed E-state index contributed by atoms with van der Waals surface area (Å²) in [5.41, 5.74) is 10.4. The minimum absolute atomic E-state index is 0.595. The van der Waals surface area contributed by atoms with E-state index in [1.54, 1.807) is 0 Å². The molecule has 0 aromatic heterocycles. The summed E-state index contributed by atoms with van der Waals surface area (Å²) in [7, 11) is 0. The van der Waals surface area contributed by atoms with Crippen LogP contribution in [0, 0.1) is 6.92 Å². The molecule has 0 fully saturated rings. The molecule has 0 aliphatic carbocycles. The van der Waals surface area contributed by atoms with Crippen molar-refractivity contribution in [1.82, 2.24) is 0 Å². The van der Waals surface area contributed by atoms with E-state index in [9.17, 15) is 0 Å². The van der Waals surface area contributed by atoms with Crippen molar-refractivity contribution in [3.63, 3.8) is 0 Å².